The fourth-order valence-corrected chi connectivity index (χ4v) is 4.43. The predicted molar refractivity (Wildman–Crippen MR) is 161 cm³/mol. The normalized spacial score (nSPS) is 14.6. The number of carboxylic acids is 2. The lowest BCUT2D eigenvalue weighted by Gasteiger charge is -2.31. The van der Waals surface area contributed by atoms with Crippen LogP contribution in [0.15, 0.2) is 4.99 Å². The van der Waals surface area contributed by atoms with Crippen LogP contribution in [0.3, 0.4) is 0 Å². The lowest BCUT2D eigenvalue weighted by Crippen LogP contribution is -2.58. The van der Waals surface area contributed by atoms with Gasteiger partial charge >= 0.3 is 11.9 Å². The number of aliphatic imine (C=N–C) groups is 1. The van der Waals surface area contributed by atoms with Gasteiger partial charge in [-0.25, -0.2) is 0 Å². The van der Waals surface area contributed by atoms with Crippen LogP contribution in [0.5, 0.6) is 0 Å². The van der Waals surface area contributed by atoms with Crippen molar-refractivity contribution in [1.82, 2.24) is 15.5 Å². The number of nitrogens with zero attached hydrogens (tertiary/aromatic N) is 2. The lowest BCUT2D eigenvalue weighted by molar-refractivity contribution is -0.146. The first-order valence-corrected chi connectivity index (χ1v) is 14.6. The monoisotopic (exact) mass is 613 g/mol. The van der Waals surface area contributed by atoms with Crippen molar-refractivity contribution in [3.63, 3.8) is 0 Å². The first-order chi connectivity index (χ1) is 19.9. The van der Waals surface area contributed by atoms with Crippen molar-refractivity contribution >= 4 is 41.4 Å². The van der Waals surface area contributed by atoms with Crippen molar-refractivity contribution in [2.45, 2.75) is 104 Å². The summed E-state index contributed by atoms with van der Waals surface area (Å²) in [6, 6.07) is -4.68. The highest BCUT2D eigenvalue weighted by atomic mass is 16.4. The molecule has 15 nitrogen and oxygen atoms in total. The Labute approximate surface area is 253 Å². The van der Waals surface area contributed by atoms with Crippen LogP contribution in [-0.2, 0) is 28.8 Å². The number of guanidine groups is 1. The number of hydrogen-bond acceptors (Lipinski definition) is 8. The number of likely N-dealkylation sites (N-methyl/N-ethyl adjacent to an activating group) is 1. The largest absolute Gasteiger partial charge is 0.481 e. The second-order valence-electron chi connectivity index (χ2n) is 11.4. The second kappa shape index (κ2) is 19.4. The molecule has 5 atom stereocenters. The van der Waals surface area contributed by atoms with E-state index in [0.29, 0.717) is 19.3 Å². The molecule has 0 aromatic carbocycles. The minimum atomic E-state index is -1.57. The molecule has 0 saturated heterocycles. The number of carbonyl (C=O) groups excluding carboxylic acids is 4. The van der Waals surface area contributed by atoms with E-state index in [1.165, 1.54) is 11.9 Å². The second-order valence-corrected chi connectivity index (χ2v) is 11.4. The van der Waals surface area contributed by atoms with Gasteiger partial charge in [0.25, 0.3) is 0 Å². The molecule has 10 N–H and O–H groups in total. The van der Waals surface area contributed by atoms with E-state index >= 15 is 0 Å². The number of amides is 3. The van der Waals surface area contributed by atoms with Crippen LogP contribution < -0.4 is 27.8 Å². The van der Waals surface area contributed by atoms with E-state index in [0.717, 1.165) is 0 Å². The van der Waals surface area contributed by atoms with Crippen LogP contribution in [0.25, 0.3) is 0 Å². The maximum absolute atomic E-state index is 13.4. The molecule has 0 unspecified atom stereocenters. The molecular formula is C28H51N7O8. The van der Waals surface area contributed by atoms with E-state index in [9.17, 15) is 39.0 Å². The summed E-state index contributed by atoms with van der Waals surface area (Å²) in [5.74, 6) is -7.08. The Balaban J connectivity index is 5.86. The third-order valence-corrected chi connectivity index (χ3v) is 7.10. The molecule has 0 aliphatic carbocycles. The highest BCUT2D eigenvalue weighted by Crippen LogP contribution is 2.19. The summed E-state index contributed by atoms with van der Waals surface area (Å²) in [7, 11) is 1.41. The van der Waals surface area contributed by atoms with E-state index in [-0.39, 0.29) is 37.7 Å². The molecule has 0 radical (unpaired) electrons. The van der Waals surface area contributed by atoms with Crippen molar-refractivity contribution < 1.29 is 39.0 Å². The van der Waals surface area contributed by atoms with E-state index in [4.69, 9.17) is 17.2 Å². The molecule has 0 aliphatic heterocycles. The summed E-state index contributed by atoms with van der Waals surface area (Å²) in [4.78, 5) is 81.0. The van der Waals surface area contributed by atoms with Crippen molar-refractivity contribution in [3.8, 4) is 0 Å². The van der Waals surface area contributed by atoms with Gasteiger partial charge in [-0.15, -0.1) is 0 Å². The van der Waals surface area contributed by atoms with Gasteiger partial charge in [0.05, 0.1) is 24.4 Å². The van der Waals surface area contributed by atoms with Gasteiger partial charge in [-0.05, 0) is 31.1 Å². The maximum Gasteiger partial charge on any atom is 0.307 e. The number of Topliss-reactive ketones (excluding diaryl/α,β-unsaturated/α-hetero) is 1. The van der Waals surface area contributed by atoms with Crippen molar-refractivity contribution in [3.05, 3.63) is 0 Å². The Morgan fingerprint density at radius 1 is 0.860 bits per heavy atom. The number of nitrogens with two attached hydrogens (primary N) is 3. The van der Waals surface area contributed by atoms with Crippen LogP contribution in [0.2, 0.25) is 0 Å². The van der Waals surface area contributed by atoms with Crippen LogP contribution in [0, 0.1) is 17.8 Å². The number of rotatable bonds is 21. The molecule has 0 bridgehead atoms. The van der Waals surface area contributed by atoms with E-state index in [1.807, 2.05) is 6.92 Å². The van der Waals surface area contributed by atoms with Gasteiger partial charge in [0.15, 0.2) is 11.7 Å². The topological polar surface area (TPSA) is 261 Å². The molecule has 0 fully saturated rings. The molecular weight excluding hydrogens is 562 g/mol. The zero-order valence-electron chi connectivity index (χ0n) is 26.2. The number of nitrogens with one attached hydrogen (secondary N) is 2. The summed E-state index contributed by atoms with van der Waals surface area (Å²) in [5.41, 5.74) is 16.7. The molecule has 0 heterocycles. The molecule has 0 saturated carbocycles. The molecule has 15 heteroatoms. The van der Waals surface area contributed by atoms with Gasteiger partial charge in [0.2, 0.25) is 17.7 Å². The fraction of sp³-hybridized carbons (Fsp3) is 0.750. The third kappa shape index (κ3) is 14.3. The highest BCUT2D eigenvalue weighted by molar-refractivity contribution is 5.97. The maximum atomic E-state index is 13.4. The molecule has 246 valence electrons. The van der Waals surface area contributed by atoms with Gasteiger partial charge in [0.1, 0.15) is 12.1 Å². The quantitative estimate of drug-likeness (QED) is 0.0506. The third-order valence-electron chi connectivity index (χ3n) is 7.10. The van der Waals surface area contributed by atoms with E-state index < -0.39 is 77.9 Å². The smallest absolute Gasteiger partial charge is 0.307 e. The average Bonchev–Trinajstić information content (AvgIpc) is 2.90. The SMILES string of the molecule is CCCC[C@@H](C(=O)N[C@@H](CC(=O)O)C(=O)N[C@H](C(=O)C[C@H](C(=O)O)C(C)C)C(C)C)N(C)C(=O)[C@@H](N)CCCN=C(N)N. The molecule has 0 rings (SSSR count). The standard InChI is InChI=1S/C28H51N7O8/c1-7-8-11-20(35(6)26(41)18(29)10-9-12-32-28(30)31)25(40)33-19(14-22(37)38)24(39)34-23(16(4)5)21(36)13-17(15(2)3)27(42)43/h15-20,23H,7-14,29H2,1-6H3,(H,33,40)(H,34,39)(H,37,38)(H,42,43)(H4,30,31,32)/t17-,18-,19-,20-,23-/m0/s1. The molecule has 0 aliphatic rings. The zero-order valence-corrected chi connectivity index (χ0v) is 26.2. The van der Waals surface area contributed by atoms with Gasteiger partial charge < -0.3 is 42.9 Å². The molecule has 43 heavy (non-hydrogen) atoms. The molecule has 0 spiro atoms. The van der Waals surface area contributed by atoms with Crippen LogP contribution >= 0.6 is 0 Å². The number of aliphatic carboxylic acids is 2. The van der Waals surface area contributed by atoms with Gasteiger partial charge in [-0.1, -0.05) is 47.5 Å². The Morgan fingerprint density at radius 3 is 1.93 bits per heavy atom. The van der Waals surface area contributed by atoms with Gasteiger partial charge in [-0.2, -0.15) is 0 Å². The van der Waals surface area contributed by atoms with Crippen LogP contribution in [0.1, 0.15) is 79.6 Å². The number of carboxylic acid groups (broad SMARTS) is 2. The molecule has 0 aromatic rings. The van der Waals surface area contributed by atoms with Gasteiger partial charge in [0, 0.05) is 20.0 Å². The highest BCUT2D eigenvalue weighted by Gasteiger charge is 2.35. The Kier molecular flexibility index (Phi) is 17.7. The first-order valence-electron chi connectivity index (χ1n) is 14.6. The van der Waals surface area contributed by atoms with Crippen molar-refractivity contribution in [2.24, 2.45) is 39.9 Å². The summed E-state index contributed by atoms with van der Waals surface area (Å²) < 4.78 is 0. The average molecular weight is 614 g/mol. The van der Waals surface area contributed by atoms with Crippen molar-refractivity contribution in [1.29, 1.82) is 0 Å². The van der Waals surface area contributed by atoms with Crippen LogP contribution in [0.4, 0.5) is 0 Å². The van der Waals surface area contributed by atoms with Crippen molar-refractivity contribution in [2.75, 3.05) is 13.6 Å². The number of unbranched alkanes of at least 4 members (excludes halogenated alkanes) is 1. The Hall–Kier alpha value is -3.75. The summed E-state index contributed by atoms with van der Waals surface area (Å²) >= 11 is 0. The number of ketones is 1. The minimum Gasteiger partial charge on any atom is -0.481 e. The summed E-state index contributed by atoms with van der Waals surface area (Å²) in [5, 5.41) is 23.9. The summed E-state index contributed by atoms with van der Waals surface area (Å²) in [6.07, 6.45) is 1.03. The first kappa shape index (κ1) is 39.2. The molecule has 3 amide bonds. The summed E-state index contributed by atoms with van der Waals surface area (Å²) in [6.45, 7) is 8.81. The predicted octanol–water partition coefficient (Wildman–Crippen LogP) is -0.199. The number of carbonyl (C=O) groups is 6. The zero-order chi connectivity index (χ0) is 33.4. The van der Waals surface area contributed by atoms with Crippen LogP contribution in [-0.4, -0.2) is 94.3 Å². The fourth-order valence-electron chi connectivity index (χ4n) is 4.43. The lowest BCUT2D eigenvalue weighted by atomic mass is 9.86. The van der Waals surface area contributed by atoms with E-state index in [2.05, 4.69) is 15.6 Å². The van der Waals surface area contributed by atoms with Gasteiger partial charge in [-0.3, -0.25) is 33.8 Å². The number of hydrogen-bond donors (Lipinski definition) is 7. The molecule has 0 aromatic heterocycles. The Bertz CT molecular complexity index is 998. The Morgan fingerprint density at radius 2 is 1.47 bits per heavy atom. The minimum absolute atomic E-state index is 0.0858. The van der Waals surface area contributed by atoms with E-state index in [1.54, 1.807) is 27.7 Å².